The molecule has 2 aromatic carbocycles. The zero-order valence-corrected chi connectivity index (χ0v) is 20.9. The number of hydrogen-bond acceptors (Lipinski definition) is 6. The summed E-state index contributed by atoms with van der Waals surface area (Å²) in [5.41, 5.74) is 4.25. The van der Waals surface area contributed by atoms with Crippen molar-refractivity contribution in [3.8, 4) is 0 Å². The molecule has 2 amide bonds. The highest BCUT2D eigenvalue weighted by Gasteiger charge is 2.36. The van der Waals surface area contributed by atoms with Crippen LogP contribution in [-0.4, -0.2) is 53.4 Å². The molecule has 0 spiro atoms. The average Bonchev–Trinajstić information content (AvgIpc) is 3.38. The van der Waals surface area contributed by atoms with Gasteiger partial charge in [-0.1, -0.05) is 24.3 Å². The number of aliphatic hydroxyl groups excluding tert-OH is 1. The first-order valence-corrected chi connectivity index (χ1v) is 13.6. The third-order valence-corrected chi connectivity index (χ3v) is 8.14. The van der Waals surface area contributed by atoms with E-state index in [0.717, 1.165) is 42.6 Å². The van der Waals surface area contributed by atoms with Gasteiger partial charge in [-0.2, -0.15) is 0 Å². The number of fused-ring (bicyclic) bond motifs is 4. The van der Waals surface area contributed by atoms with Gasteiger partial charge in [-0.15, -0.1) is 11.8 Å². The lowest BCUT2D eigenvalue weighted by Crippen LogP contribution is -2.46. The Hall–Kier alpha value is -2.55. The maximum atomic E-state index is 13.0. The number of rotatable bonds is 7. The van der Waals surface area contributed by atoms with E-state index >= 15 is 0 Å². The maximum Gasteiger partial charge on any atom is 0.223 e. The van der Waals surface area contributed by atoms with Crippen LogP contribution in [0, 0.1) is 0 Å². The van der Waals surface area contributed by atoms with Crippen molar-refractivity contribution in [3.05, 3.63) is 59.2 Å². The second kappa shape index (κ2) is 10.6. The summed E-state index contributed by atoms with van der Waals surface area (Å²) in [4.78, 5) is 28.7. The van der Waals surface area contributed by atoms with Gasteiger partial charge >= 0.3 is 0 Å². The summed E-state index contributed by atoms with van der Waals surface area (Å²) >= 11 is 1.71. The number of benzene rings is 2. The van der Waals surface area contributed by atoms with Gasteiger partial charge in [0.05, 0.1) is 30.9 Å². The van der Waals surface area contributed by atoms with E-state index < -0.39 is 6.10 Å². The summed E-state index contributed by atoms with van der Waals surface area (Å²) in [7, 11) is 0. The molecule has 4 atom stereocenters. The number of hydrogen-bond donors (Lipinski definition) is 3. The minimum absolute atomic E-state index is 0.0220. The lowest BCUT2D eigenvalue weighted by molar-refractivity contribution is -0.134. The van der Waals surface area contributed by atoms with E-state index in [1.807, 2.05) is 29.2 Å². The molecule has 0 aliphatic carbocycles. The zero-order chi connectivity index (χ0) is 24.4. The van der Waals surface area contributed by atoms with E-state index in [4.69, 9.17) is 4.74 Å². The number of thioether (sulfide) groups is 1. The van der Waals surface area contributed by atoms with Crippen LogP contribution in [-0.2, 0) is 20.9 Å². The molecule has 35 heavy (non-hydrogen) atoms. The second-order valence-electron chi connectivity index (χ2n) is 9.56. The minimum Gasteiger partial charge on any atom is -0.389 e. The van der Waals surface area contributed by atoms with Crippen molar-refractivity contribution in [2.45, 2.75) is 67.8 Å². The van der Waals surface area contributed by atoms with Crippen LogP contribution in [0.1, 0.15) is 60.9 Å². The number of anilines is 1. The fraction of sp³-hybridized carbons (Fsp3) is 0.481. The fourth-order valence-electron chi connectivity index (χ4n) is 5.46. The molecular weight excluding hydrogens is 462 g/mol. The van der Waals surface area contributed by atoms with Crippen LogP contribution in [0.4, 0.5) is 5.69 Å². The number of aliphatic hydroxyl groups is 1. The standard InChI is InChI=1S/C27H33N3O4S/c1-35-25-7-3-2-5-18(25)22-6-4-12-30(22)27(33)11-10-26(32)28-15-17-8-9-20-19(13-17)24-14-21(29-20)23(31)16-34-24/h2-3,5,7-9,13,21-24,29,31H,4,6,10-12,14-16H2,1H3,(H,28,32)/t21?,22-,23-,24?/m1/s1. The topological polar surface area (TPSA) is 90.9 Å². The largest absolute Gasteiger partial charge is 0.389 e. The number of likely N-dealkylation sites (tertiary alicyclic amines) is 1. The molecule has 0 aromatic heterocycles. The van der Waals surface area contributed by atoms with E-state index in [1.165, 1.54) is 10.5 Å². The van der Waals surface area contributed by atoms with Gasteiger partial charge in [-0.3, -0.25) is 9.59 Å². The summed E-state index contributed by atoms with van der Waals surface area (Å²) in [6.07, 6.45) is 4.64. The number of amides is 2. The highest BCUT2D eigenvalue weighted by molar-refractivity contribution is 7.98. The third-order valence-electron chi connectivity index (χ3n) is 7.33. The van der Waals surface area contributed by atoms with Gasteiger partial charge in [0, 0.05) is 48.5 Å². The zero-order valence-electron chi connectivity index (χ0n) is 20.0. The maximum absolute atomic E-state index is 13.0. The van der Waals surface area contributed by atoms with E-state index in [0.29, 0.717) is 13.2 Å². The summed E-state index contributed by atoms with van der Waals surface area (Å²) in [6.45, 7) is 1.49. The summed E-state index contributed by atoms with van der Waals surface area (Å²) < 4.78 is 5.82. The molecule has 5 rings (SSSR count). The molecule has 3 aliphatic heterocycles. The molecule has 3 heterocycles. The highest BCUT2D eigenvalue weighted by atomic mass is 32.2. The van der Waals surface area contributed by atoms with Gasteiger partial charge in [0.1, 0.15) is 0 Å². The van der Waals surface area contributed by atoms with Crippen molar-refractivity contribution in [1.82, 2.24) is 10.2 Å². The Balaban J connectivity index is 1.14. The summed E-state index contributed by atoms with van der Waals surface area (Å²) in [5.74, 6) is -0.0730. The van der Waals surface area contributed by atoms with Crippen LogP contribution in [0.5, 0.6) is 0 Å². The van der Waals surface area contributed by atoms with Crippen molar-refractivity contribution >= 4 is 29.3 Å². The normalized spacial score (nSPS) is 25.0. The molecular formula is C27H33N3O4S. The molecule has 2 bridgehead atoms. The first-order chi connectivity index (χ1) is 17.0. The van der Waals surface area contributed by atoms with Gasteiger partial charge in [-0.25, -0.2) is 0 Å². The first kappa shape index (κ1) is 24.2. The van der Waals surface area contributed by atoms with Crippen molar-refractivity contribution in [2.75, 3.05) is 24.7 Å². The lowest BCUT2D eigenvalue weighted by Gasteiger charge is -2.40. The van der Waals surface area contributed by atoms with Crippen LogP contribution in [0.3, 0.4) is 0 Å². The monoisotopic (exact) mass is 495 g/mol. The van der Waals surface area contributed by atoms with Gasteiger partial charge in [-0.05, 0) is 48.4 Å². The summed E-state index contributed by atoms with van der Waals surface area (Å²) in [5, 5.41) is 16.4. The molecule has 8 heteroatoms. The van der Waals surface area contributed by atoms with Crippen LogP contribution in [0.15, 0.2) is 47.4 Å². The molecule has 186 valence electrons. The van der Waals surface area contributed by atoms with E-state index in [1.54, 1.807) is 11.8 Å². The minimum atomic E-state index is -0.489. The van der Waals surface area contributed by atoms with Crippen molar-refractivity contribution < 1.29 is 19.4 Å². The Morgan fingerprint density at radius 1 is 1.20 bits per heavy atom. The lowest BCUT2D eigenvalue weighted by atomic mass is 9.89. The van der Waals surface area contributed by atoms with E-state index in [2.05, 4.69) is 35.1 Å². The third kappa shape index (κ3) is 5.20. The van der Waals surface area contributed by atoms with Crippen molar-refractivity contribution in [2.24, 2.45) is 0 Å². The number of carbonyl (C=O) groups is 2. The highest BCUT2D eigenvalue weighted by Crippen LogP contribution is 2.40. The van der Waals surface area contributed by atoms with Crippen LogP contribution in [0.2, 0.25) is 0 Å². The number of nitrogens with one attached hydrogen (secondary N) is 2. The van der Waals surface area contributed by atoms with Crippen molar-refractivity contribution in [1.29, 1.82) is 0 Å². The quantitative estimate of drug-likeness (QED) is 0.507. The fourth-order valence-corrected chi connectivity index (χ4v) is 6.12. The second-order valence-corrected chi connectivity index (χ2v) is 10.4. The van der Waals surface area contributed by atoms with Crippen LogP contribution in [0.25, 0.3) is 0 Å². The Kier molecular flexibility index (Phi) is 7.32. The van der Waals surface area contributed by atoms with Gasteiger partial charge in [0.2, 0.25) is 11.8 Å². The van der Waals surface area contributed by atoms with Gasteiger partial charge < -0.3 is 25.4 Å². The summed E-state index contributed by atoms with van der Waals surface area (Å²) in [6, 6.07) is 14.4. The Morgan fingerprint density at radius 3 is 2.91 bits per heavy atom. The molecule has 2 unspecified atom stereocenters. The predicted molar refractivity (Wildman–Crippen MR) is 136 cm³/mol. The Morgan fingerprint density at radius 2 is 2.06 bits per heavy atom. The van der Waals surface area contributed by atoms with E-state index in [-0.39, 0.29) is 42.8 Å². The molecule has 0 radical (unpaired) electrons. The molecule has 3 N–H and O–H groups in total. The molecule has 7 nitrogen and oxygen atoms in total. The predicted octanol–water partition coefficient (Wildman–Crippen LogP) is 3.79. The van der Waals surface area contributed by atoms with Crippen molar-refractivity contribution in [3.63, 3.8) is 0 Å². The molecule has 2 fully saturated rings. The number of ether oxygens (including phenoxy) is 1. The average molecular weight is 496 g/mol. The molecule has 2 aromatic rings. The molecule has 0 saturated carbocycles. The SMILES string of the molecule is CSc1ccccc1[C@H]1CCCN1C(=O)CCC(=O)NCc1ccc2c(c1)C1CC(N2)[C@H](O)CO1. The Labute approximate surface area is 210 Å². The van der Waals surface area contributed by atoms with Crippen LogP contribution >= 0.6 is 11.8 Å². The smallest absolute Gasteiger partial charge is 0.223 e. The number of nitrogens with zero attached hydrogens (tertiary/aromatic N) is 1. The van der Waals surface area contributed by atoms with Gasteiger partial charge in [0.25, 0.3) is 0 Å². The molecule has 3 aliphatic rings. The number of carbonyl (C=O) groups excluding carboxylic acids is 2. The Bertz CT molecular complexity index is 1090. The van der Waals surface area contributed by atoms with Gasteiger partial charge in [0.15, 0.2) is 0 Å². The first-order valence-electron chi connectivity index (χ1n) is 12.4. The van der Waals surface area contributed by atoms with E-state index in [9.17, 15) is 14.7 Å². The van der Waals surface area contributed by atoms with Crippen LogP contribution < -0.4 is 10.6 Å². The molecule has 2 saturated heterocycles.